The number of aliphatic hydroxyl groups is 1. The van der Waals surface area contributed by atoms with Gasteiger partial charge in [-0.2, -0.15) is 0 Å². The van der Waals surface area contributed by atoms with Gasteiger partial charge in [0.15, 0.2) is 5.76 Å². The summed E-state index contributed by atoms with van der Waals surface area (Å²) >= 11 is 0. The molecule has 110 valence electrons. The Bertz CT molecular complexity index is 477. The van der Waals surface area contributed by atoms with Crippen LogP contribution in [0.5, 0.6) is 0 Å². The molecule has 0 unspecified atom stereocenters. The van der Waals surface area contributed by atoms with E-state index in [1.807, 2.05) is 17.9 Å². The quantitative estimate of drug-likeness (QED) is 0.885. The second-order valence-electron chi connectivity index (χ2n) is 5.80. The average molecular weight is 278 g/mol. The third kappa shape index (κ3) is 2.60. The Hall–Kier alpha value is -1.33. The van der Waals surface area contributed by atoms with Crippen LogP contribution in [0.4, 0.5) is 0 Å². The fourth-order valence-electron chi connectivity index (χ4n) is 3.31. The van der Waals surface area contributed by atoms with Gasteiger partial charge >= 0.3 is 0 Å². The molecule has 1 aromatic heterocycles. The van der Waals surface area contributed by atoms with Crippen LogP contribution in [0.25, 0.3) is 0 Å². The van der Waals surface area contributed by atoms with E-state index in [-0.39, 0.29) is 18.1 Å². The molecule has 1 aromatic rings. The van der Waals surface area contributed by atoms with Gasteiger partial charge in [0.25, 0.3) is 5.91 Å². The molecule has 20 heavy (non-hydrogen) atoms. The Morgan fingerprint density at radius 3 is 2.55 bits per heavy atom. The normalized spacial score (nSPS) is 28.0. The molecule has 2 heterocycles. The van der Waals surface area contributed by atoms with E-state index in [0.29, 0.717) is 18.8 Å². The maximum Gasteiger partial charge on any atom is 0.289 e. The number of furan rings is 1. The highest BCUT2D eigenvalue weighted by molar-refractivity contribution is 5.91. The summed E-state index contributed by atoms with van der Waals surface area (Å²) in [4.78, 5) is 16.4. The van der Waals surface area contributed by atoms with E-state index in [1.165, 1.54) is 0 Å². The number of carbonyl (C=O) groups excluding carboxylic acids is 1. The molecule has 1 N–H and O–H groups in total. The van der Waals surface area contributed by atoms with Crippen molar-refractivity contribution in [3.05, 3.63) is 23.7 Å². The number of carbonyl (C=O) groups is 1. The van der Waals surface area contributed by atoms with E-state index in [4.69, 9.17) is 4.42 Å². The van der Waals surface area contributed by atoms with Crippen LogP contribution in [0.1, 0.15) is 35.6 Å². The topological polar surface area (TPSA) is 56.9 Å². The molecule has 2 fully saturated rings. The van der Waals surface area contributed by atoms with Crippen molar-refractivity contribution in [3.8, 4) is 0 Å². The maximum atomic E-state index is 12.3. The molecule has 1 aliphatic heterocycles. The predicted molar refractivity (Wildman–Crippen MR) is 74.6 cm³/mol. The van der Waals surface area contributed by atoms with Gasteiger partial charge < -0.3 is 14.4 Å². The molecule has 0 bridgehead atoms. The fourth-order valence-corrected chi connectivity index (χ4v) is 3.31. The Morgan fingerprint density at radius 2 is 2.00 bits per heavy atom. The zero-order valence-electron chi connectivity index (χ0n) is 11.9. The first kappa shape index (κ1) is 13.6. The van der Waals surface area contributed by atoms with Crippen molar-refractivity contribution in [2.24, 2.45) is 0 Å². The minimum absolute atomic E-state index is 0.0234. The number of rotatable bonds is 2. The number of amides is 1. The zero-order valence-corrected chi connectivity index (χ0v) is 11.9. The van der Waals surface area contributed by atoms with Crippen molar-refractivity contribution < 1.29 is 14.3 Å². The lowest BCUT2D eigenvalue weighted by Crippen LogP contribution is -2.53. The van der Waals surface area contributed by atoms with E-state index in [2.05, 4.69) is 4.90 Å². The molecule has 2 atom stereocenters. The van der Waals surface area contributed by atoms with Gasteiger partial charge in [0, 0.05) is 32.2 Å². The van der Waals surface area contributed by atoms with E-state index >= 15 is 0 Å². The Kier molecular flexibility index (Phi) is 3.81. The highest BCUT2D eigenvalue weighted by Gasteiger charge is 2.33. The third-order valence-corrected chi connectivity index (χ3v) is 4.47. The Morgan fingerprint density at radius 1 is 1.25 bits per heavy atom. The van der Waals surface area contributed by atoms with E-state index in [1.54, 1.807) is 6.07 Å². The van der Waals surface area contributed by atoms with Gasteiger partial charge in [0.1, 0.15) is 5.76 Å². The monoisotopic (exact) mass is 278 g/mol. The maximum absolute atomic E-state index is 12.3. The summed E-state index contributed by atoms with van der Waals surface area (Å²) < 4.78 is 5.40. The Balaban J connectivity index is 1.57. The Labute approximate surface area is 119 Å². The summed E-state index contributed by atoms with van der Waals surface area (Å²) in [5.74, 6) is 1.17. The highest BCUT2D eigenvalue weighted by Crippen LogP contribution is 2.25. The van der Waals surface area contributed by atoms with Crippen LogP contribution in [-0.4, -0.2) is 59.1 Å². The van der Waals surface area contributed by atoms with Crippen molar-refractivity contribution in [3.63, 3.8) is 0 Å². The van der Waals surface area contributed by atoms with Crippen molar-refractivity contribution >= 4 is 5.91 Å². The first-order valence-electron chi connectivity index (χ1n) is 7.43. The van der Waals surface area contributed by atoms with Crippen LogP contribution in [0, 0.1) is 6.92 Å². The van der Waals surface area contributed by atoms with Crippen LogP contribution in [0.15, 0.2) is 16.5 Å². The van der Waals surface area contributed by atoms with Crippen molar-refractivity contribution in [2.75, 3.05) is 26.2 Å². The molecule has 1 saturated carbocycles. The van der Waals surface area contributed by atoms with Gasteiger partial charge in [-0.15, -0.1) is 0 Å². The summed E-state index contributed by atoms with van der Waals surface area (Å²) in [6.45, 7) is 4.94. The molecule has 5 heteroatoms. The predicted octanol–water partition coefficient (Wildman–Crippen LogP) is 1.26. The molecule has 1 aliphatic carbocycles. The summed E-state index contributed by atoms with van der Waals surface area (Å²) in [6.07, 6.45) is 2.91. The first-order valence-corrected chi connectivity index (χ1v) is 7.43. The lowest BCUT2D eigenvalue weighted by molar-refractivity contribution is 0.0301. The molecule has 3 rings (SSSR count). The van der Waals surface area contributed by atoms with Crippen molar-refractivity contribution in [2.45, 2.75) is 38.3 Å². The number of aryl methyl sites for hydroxylation is 1. The largest absolute Gasteiger partial charge is 0.456 e. The minimum Gasteiger partial charge on any atom is -0.456 e. The standard InChI is InChI=1S/C15H22N2O3/c1-11-5-6-14(20-11)15(19)17-9-7-16(8-10-17)12-3-2-4-13(12)18/h5-6,12-13,18H,2-4,7-10H2,1H3/t12-,13-/m1/s1. The van der Waals surface area contributed by atoms with Crippen LogP contribution in [0.2, 0.25) is 0 Å². The number of aliphatic hydroxyl groups excluding tert-OH is 1. The SMILES string of the molecule is Cc1ccc(C(=O)N2CCN([C@@H]3CCC[C@H]3O)CC2)o1. The smallest absolute Gasteiger partial charge is 0.289 e. The van der Waals surface area contributed by atoms with Crippen LogP contribution in [-0.2, 0) is 0 Å². The molecule has 0 spiro atoms. The van der Waals surface area contributed by atoms with Crippen molar-refractivity contribution in [1.29, 1.82) is 0 Å². The van der Waals surface area contributed by atoms with Crippen molar-refractivity contribution in [1.82, 2.24) is 9.80 Å². The molecule has 0 radical (unpaired) electrons. The highest BCUT2D eigenvalue weighted by atomic mass is 16.3. The molecule has 0 aromatic carbocycles. The van der Waals surface area contributed by atoms with E-state index in [9.17, 15) is 9.90 Å². The molecule has 5 nitrogen and oxygen atoms in total. The number of hydrogen-bond acceptors (Lipinski definition) is 4. The first-order chi connectivity index (χ1) is 9.65. The fraction of sp³-hybridized carbons (Fsp3) is 0.667. The lowest BCUT2D eigenvalue weighted by Gasteiger charge is -2.38. The molecule has 2 aliphatic rings. The van der Waals surface area contributed by atoms with Gasteiger partial charge in [-0.25, -0.2) is 0 Å². The number of piperazine rings is 1. The number of nitrogens with zero attached hydrogens (tertiary/aromatic N) is 2. The van der Waals surface area contributed by atoms with E-state index < -0.39 is 0 Å². The van der Waals surface area contributed by atoms with Gasteiger partial charge in [-0.3, -0.25) is 9.69 Å². The van der Waals surface area contributed by atoms with Gasteiger partial charge in [-0.1, -0.05) is 0 Å². The minimum atomic E-state index is -0.190. The second kappa shape index (κ2) is 5.58. The summed E-state index contributed by atoms with van der Waals surface area (Å²) in [7, 11) is 0. The summed E-state index contributed by atoms with van der Waals surface area (Å²) in [6, 6.07) is 3.85. The van der Waals surface area contributed by atoms with Gasteiger partial charge in [0.2, 0.25) is 0 Å². The lowest BCUT2D eigenvalue weighted by atomic mass is 10.1. The molecule has 1 amide bonds. The zero-order chi connectivity index (χ0) is 14.1. The average Bonchev–Trinajstić information content (AvgIpc) is 3.07. The van der Waals surface area contributed by atoms with Gasteiger partial charge in [0.05, 0.1) is 6.10 Å². The molecular formula is C15H22N2O3. The van der Waals surface area contributed by atoms with Crippen LogP contribution < -0.4 is 0 Å². The van der Waals surface area contributed by atoms with E-state index in [0.717, 1.165) is 38.1 Å². The van der Waals surface area contributed by atoms with Gasteiger partial charge in [-0.05, 0) is 38.3 Å². The third-order valence-electron chi connectivity index (χ3n) is 4.47. The van der Waals surface area contributed by atoms with Crippen LogP contribution in [0.3, 0.4) is 0 Å². The molecule has 1 saturated heterocycles. The van der Waals surface area contributed by atoms with Crippen LogP contribution >= 0.6 is 0 Å². The summed E-state index contributed by atoms with van der Waals surface area (Å²) in [5.41, 5.74) is 0. The summed E-state index contributed by atoms with van der Waals surface area (Å²) in [5, 5.41) is 9.96. The molecular weight excluding hydrogens is 256 g/mol. The second-order valence-corrected chi connectivity index (χ2v) is 5.80. The number of hydrogen-bond donors (Lipinski definition) is 1.